The summed E-state index contributed by atoms with van der Waals surface area (Å²) in [5.41, 5.74) is 1.05. The second-order valence-electron chi connectivity index (χ2n) is 3.68. The summed E-state index contributed by atoms with van der Waals surface area (Å²) in [5, 5.41) is 0. The van der Waals surface area contributed by atoms with Crippen LogP contribution in [0.2, 0.25) is 0 Å². The fourth-order valence-electron chi connectivity index (χ4n) is 1.19. The third-order valence-corrected chi connectivity index (χ3v) is 3.66. The predicted molar refractivity (Wildman–Crippen MR) is 65.9 cm³/mol. The Hall–Kier alpha value is -1.27. The van der Waals surface area contributed by atoms with Crippen LogP contribution in [0, 0.1) is 18.8 Å². The predicted octanol–water partition coefficient (Wildman–Crippen LogP) is 2.57. The van der Waals surface area contributed by atoms with Crippen molar-refractivity contribution in [1.29, 1.82) is 0 Å². The van der Waals surface area contributed by atoms with Crippen LogP contribution in [0.15, 0.2) is 29.2 Å². The van der Waals surface area contributed by atoms with Gasteiger partial charge in [-0.05, 0) is 25.5 Å². The van der Waals surface area contributed by atoms with Gasteiger partial charge in [0.1, 0.15) is 5.75 Å². The van der Waals surface area contributed by atoms with Crippen molar-refractivity contribution in [3.8, 4) is 11.8 Å². The monoisotopic (exact) mass is 236 g/mol. The minimum atomic E-state index is -3.23. The van der Waals surface area contributed by atoms with Crippen molar-refractivity contribution >= 4 is 9.84 Å². The molecule has 1 aromatic carbocycles. The van der Waals surface area contributed by atoms with Gasteiger partial charge < -0.3 is 0 Å². The fourth-order valence-corrected chi connectivity index (χ4v) is 2.20. The molecule has 0 unspecified atom stereocenters. The number of hydrogen-bond acceptors (Lipinski definition) is 2. The molecule has 0 aliphatic heterocycles. The lowest BCUT2D eigenvalue weighted by molar-refractivity contribution is 0.599. The maximum Gasteiger partial charge on any atom is 0.189 e. The normalized spacial score (nSPS) is 10.6. The minimum Gasteiger partial charge on any atom is -0.223 e. The van der Waals surface area contributed by atoms with Crippen LogP contribution in [0.3, 0.4) is 0 Å². The molecule has 1 aromatic rings. The molecule has 0 aliphatic rings. The van der Waals surface area contributed by atoms with Gasteiger partial charge in [-0.15, -0.1) is 5.92 Å². The van der Waals surface area contributed by atoms with E-state index >= 15 is 0 Å². The van der Waals surface area contributed by atoms with Crippen molar-refractivity contribution in [1.82, 2.24) is 0 Å². The molecule has 0 aromatic heterocycles. The van der Waals surface area contributed by atoms with E-state index in [0.717, 1.165) is 18.4 Å². The highest BCUT2D eigenvalue weighted by Gasteiger charge is 2.11. The van der Waals surface area contributed by atoms with Crippen molar-refractivity contribution in [2.24, 2.45) is 0 Å². The van der Waals surface area contributed by atoms with E-state index in [1.165, 1.54) is 0 Å². The third kappa shape index (κ3) is 3.71. The zero-order valence-corrected chi connectivity index (χ0v) is 10.5. The van der Waals surface area contributed by atoms with Crippen molar-refractivity contribution in [2.45, 2.75) is 31.6 Å². The molecule has 0 atom stereocenters. The van der Waals surface area contributed by atoms with Gasteiger partial charge in [-0.1, -0.05) is 30.5 Å². The summed E-state index contributed by atoms with van der Waals surface area (Å²) in [6.45, 7) is 3.95. The number of benzene rings is 1. The largest absolute Gasteiger partial charge is 0.223 e. The van der Waals surface area contributed by atoms with Crippen LogP contribution in [-0.2, 0) is 9.84 Å². The first-order valence-corrected chi connectivity index (χ1v) is 6.96. The summed E-state index contributed by atoms with van der Waals surface area (Å²) in [5.74, 6) is 5.46. The second-order valence-corrected chi connectivity index (χ2v) is 5.67. The molecule has 1 rings (SSSR count). The maximum absolute atomic E-state index is 11.8. The first kappa shape index (κ1) is 12.8. The van der Waals surface area contributed by atoms with Crippen LogP contribution >= 0.6 is 0 Å². The van der Waals surface area contributed by atoms with Gasteiger partial charge in [0, 0.05) is 6.42 Å². The molecule has 86 valence electrons. The van der Waals surface area contributed by atoms with Crippen molar-refractivity contribution < 1.29 is 8.42 Å². The highest BCUT2D eigenvalue weighted by Crippen LogP contribution is 2.11. The summed E-state index contributed by atoms with van der Waals surface area (Å²) in [4.78, 5) is 0.351. The SMILES string of the molecule is CCCC#CCS(=O)(=O)c1ccc(C)cc1. The average molecular weight is 236 g/mol. The number of hydrogen-bond donors (Lipinski definition) is 0. The second kappa shape index (κ2) is 5.72. The van der Waals surface area contributed by atoms with Gasteiger partial charge in [0.25, 0.3) is 0 Å². The van der Waals surface area contributed by atoms with Crippen LogP contribution in [-0.4, -0.2) is 14.2 Å². The summed E-state index contributed by atoms with van der Waals surface area (Å²) < 4.78 is 23.6. The fraction of sp³-hybridized carbons (Fsp3) is 0.385. The molecule has 0 saturated carbocycles. The van der Waals surface area contributed by atoms with E-state index < -0.39 is 9.84 Å². The molecule has 0 spiro atoms. The Kier molecular flexibility index (Phi) is 4.57. The van der Waals surface area contributed by atoms with E-state index in [0.29, 0.717) is 4.90 Å². The zero-order valence-electron chi connectivity index (χ0n) is 9.66. The molecule has 0 aliphatic carbocycles. The quantitative estimate of drug-likeness (QED) is 0.756. The van der Waals surface area contributed by atoms with Crippen molar-refractivity contribution in [2.75, 3.05) is 5.75 Å². The van der Waals surface area contributed by atoms with Crippen LogP contribution in [0.25, 0.3) is 0 Å². The minimum absolute atomic E-state index is 0.0872. The molecule has 0 heterocycles. The van der Waals surface area contributed by atoms with Gasteiger partial charge in [-0.2, -0.15) is 0 Å². The van der Waals surface area contributed by atoms with Crippen molar-refractivity contribution in [3.05, 3.63) is 29.8 Å². The molecule has 2 nitrogen and oxygen atoms in total. The molecule has 0 saturated heterocycles. The van der Waals surface area contributed by atoms with E-state index in [1.807, 2.05) is 13.8 Å². The Morgan fingerprint density at radius 3 is 2.31 bits per heavy atom. The van der Waals surface area contributed by atoms with Gasteiger partial charge in [0.15, 0.2) is 9.84 Å². The van der Waals surface area contributed by atoms with Crippen LogP contribution in [0.4, 0.5) is 0 Å². The highest BCUT2D eigenvalue weighted by atomic mass is 32.2. The third-order valence-electron chi connectivity index (χ3n) is 2.14. The number of rotatable bonds is 3. The maximum atomic E-state index is 11.8. The zero-order chi connectivity index (χ0) is 12.0. The standard InChI is InChI=1S/C13H16O2S/c1-3-4-5-6-11-16(14,15)13-9-7-12(2)8-10-13/h7-10H,3-4,11H2,1-2H3. The first-order chi connectivity index (χ1) is 7.56. The lowest BCUT2D eigenvalue weighted by atomic mass is 10.2. The Morgan fingerprint density at radius 1 is 1.12 bits per heavy atom. The van der Waals surface area contributed by atoms with Gasteiger partial charge in [-0.25, -0.2) is 8.42 Å². The van der Waals surface area contributed by atoms with Crippen LogP contribution in [0.1, 0.15) is 25.3 Å². The van der Waals surface area contributed by atoms with Crippen LogP contribution < -0.4 is 0 Å². The lowest BCUT2D eigenvalue weighted by Gasteiger charge is -2.00. The summed E-state index contributed by atoms with van der Waals surface area (Å²) in [6, 6.07) is 6.86. The van der Waals surface area contributed by atoms with E-state index in [-0.39, 0.29) is 5.75 Å². The van der Waals surface area contributed by atoms with E-state index in [4.69, 9.17) is 0 Å². The Balaban J connectivity index is 2.80. The lowest BCUT2D eigenvalue weighted by Crippen LogP contribution is -2.04. The highest BCUT2D eigenvalue weighted by molar-refractivity contribution is 7.91. The van der Waals surface area contributed by atoms with E-state index in [2.05, 4.69) is 11.8 Å². The Morgan fingerprint density at radius 2 is 1.75 bits per heavy atom. The van der Waals surface area contributed by atoms with Gasteiger partial charge >= 0.3 is 0 Å². The summed E-state index contributed by atoms with van der Waals surface area (Å²) in [6.07, 6.45) is 1.71. The van der Waals surface area contributed by atoms with Gasteiger partial charge in [0.2, 0.25) is 0 Å². The van der Waals surface area contributed by atoms with Gasteiger partial charge in [0.05, 0.1) is 4.90 Å². The van der Waals surface area contributed by atoms with E-state index in [9.17, 15) is 8.42 Å². The Labute approximate surface area is 97.6 Å². The molecular weight excluding hydrogens is 220 g/mol. The summed E-state index contributed by atoms with van der Waals surface area (Å²) in [7, 11) is -3.23. The smallest absolute Gasteiger partial charge is 0.189 e. The van der Waals surface area contributed by atoms with Crippen molar-refractivity contribution in [3.63, 3.8) is 0 Å². The molecule has 0 radical (unpaired) electrons. The first-order valence-electron chi connectivity index (χ1n) is 5.31. The molecule has 3 heteroatoms. The Bertz CT molecular complexity index is 487. The molecule has 0 fully saturated rings. The molecule has 0 bridgehead atoms. The van der Waals surface area contributed by atoms with Crippen LogP contribution in [0.5, 0.6) is 0 Å². The number of unbranched alkanes of at least 4 members (excludes halogenated alkanes) is 1. The molecule has 0 N–H and O–H groups in total. The molecule has 0 amide bonds. The average Bonchev–Trinajstić information content (AvgIpc) is 2.25. The number of sulfone groups is 1. The topological polar surface area (TPSA) is 34.1 Å². The summed E-state index contributed by atoms with van der Waals surface area (Å²) >= 11 is 0. The molecular formula is C13H16O2S. The van der Waals surface area contributed by atoms with Gasteiger partial charge in [-0.3, -0.25) is 0 Å². The molecule has 16 heavy (non-hydrogen) atoms. The van der Waals surface area contributed by atoms with E-state index in [1.54, 1.807) is 24.3 Å². The number of aryl methyl sites for hydroxylation is 1.